The molecular weight excluding hydrogens is 232 g/mol. The number of furan rings is 1. The van der Waals surface area contributed by atoms with Crippen molar-refractivity contribution in [3.63, 3.8) is 0 Å². The summed E-state index contributed by atoms with van der Waals surface area (Å²) in [6, 6.07) is 10.3. The SMILES string of the molecule is CC(CC(=O)O)c1ccc(-c2ccc(O)cc2)o1. The fourth-order valence-corrected chi connectivity index (χ4v) is 1.76. The number of phenols is 1. The van der Waals surface area contributed by atoms with Gasteiger partial charge in [-0.2, -0.15) is 0 Å². The molecule has 2 N–H and O–H groups in total. The van der Waals surface area contributed by atoms with E-state index in [4.69, 9.17) is 9.52 Å². The van der Waals surface area contributed by atoms with Crippen LogP contribution in [0.25, 0.3) is 11.3 Å². The molecule has 1 aromatic heterocycles. The van der Waals surface area contributed by atoms with Crippen molar-refractivity contribution in [2.45, 2.75) is 19.3 Å². The quantitative estimate of drug-likeness (QED) is 0.868. The molecule has 1 heterocycles. The van der Waals surface area contributed by atoms with E-state index in [1.165, 1.54) is 0 Å². The molecular formula is C14H14O4. The van der Waals surface area contributed by atoms with Gasteiger partial charge in [0.1, 0.15) is 17.3 Å². The second-order valence-corrected chi connectivity index (χ2v) is 4.25. The molecule has 0 saturated heterocycles. The Balaban J connectivity index is 2.19. The third kappa shape index (κ3) is 2.71. The lowest BCUT2D eigenvalue weighted by Gasteiger charge is -2.04. The van der Waals surface area contributed by atoms with E-state index in [1.807, 2.05) is 6.92 Å². The van der Waals surface area contributed by atoms with Crippen molar-refractivity contribution in [1.29, 1.82) is 0 Å². The van der Waals surface area contributed by atoms with Crippen LogP contribution in [-0.2, 0) is 4.79 Å². The summed E-state index contributed by atoms with van der Waals surface area (Å²) in [5.41, 5.74) is 0.849. The summed E-state index contributed by atoms with van der Waals surface area (Å²) in [5, 5.41) is 17.9. The minimum atomic E-state index is -0.843. The summed E-state index contributed by atoms with van der Waals surface area (Å²) in [6.45, 7) is 1.81. The fraction of sp³-hybridized carbons (Fsp3) is 0.214. The van der Waals surface area contributed by atoms with Gasteiger partial charge in [0.2, 0.25) is 0 Å². The lowest BCUT2D eigenvalue weighted by atomic mass is 10.1. The summed E-state index contributed by atoms with van der Waals surface area (Å²) in [4.78, 5) is 10.6. The molecule has 94 valence electrons. The second-order valence-electron chi connectivity index (χ2n) is 4.25. The van der Waals surface area contributed by atoms with Crippen LogP contribution in [0.1, 0.15) is 25.0 Å². The molecule has 0 aliphatic carbocycles. The lowest BCUT2D eigenvalue weighted by Crippen LogP contribution is -2.01. The van der Waals surface area contributed by atoms with E-state index in [0.29, 0.717) is 11.5 Å². The van der Waals surface area contributed by atoms with Crippen molar-refractivity contribution in [2.75, 3.05) is 0 Å². The molecule has 0 saturated carbocycles. The molecule has 0 spiro atoms. The number of hydrogen-bond acceptors (Lipinski definition) is 3. The molecule has 0 bridgehead atoms. The van der Waals surface area contributed by atoms with Crippen molar-refractivity contribution < 1.29 is 19.4 Å². The molecule has 18 heavy (non-hydrogen) atoms. The fourth-order valence-electron chi connectivity index (χ4n) is 1.76. The Morgan fingerprint density at radius 3 is 2.50 bits per heavy atom. The molecule has 1 aromatic carbocycles. The van der Waals surface area contributed by atoms with E-state index in [9.17, 15) is 9.90 Å². The van der Waals surface area contributed by atoms with Crippen LogP contribution in [0, 0.1) is 0 Å². The van der Waals surface area contributed by atoms with Gasteiger partial charge in [-0.05, 0) is 36.4 Å². The minimum absolute atomic E-state index is 0.0442. The van der Waals surface area contributed by atoms with E-state index >= 15 is 0 Å². The number of benzene rings is 1. The second kappa shape index (κ2) is 4.96. The van der Waals surface area contributed by atoms with Crippen molar-refractivity contribution >= 4 is 5.97 Å². The number of phenolic OH excluding ortho intramolecular Hbond substituents is 1. The average Bonchev–Trinajstić information content (AvgIpc) is 2.78. The van der Waals surface area contributed by atoms with Gasteiger partial charge in [0.05, 0.1) is 6.42 Å². The average molecular weight is 246 g/mol. The van der Waals surface area contributed by atoms with Crippen molar-refractivity contribution in [2.24, 2.45) is 0 Å². The molecule has 2 rings (SSSR count). The first-order chi connectivity index (χ1) is 8.56. The number of carboxylic acid groups (broad SMARTS) is 1. The van der Waals surface area contributed by atoms with Gasteiger partial charge >= 0.3 is 5.97 Å². The van der Waals surface area contributed by atoms with Gasteiger partial charge in [-0.15, -0.1) is 0 Å². The van der Waals surface area contributed by atoms with Crippen LogP contribution in [0.4, 0.5) is 0 Å². The predicted octanol–water partition coefficient (Wildman–Crippen LogP) is 3.23. The molecule has 2 aromatic rings. The lowest BCUT2D eigenvalue weighted by molar-refractivity contribution is -0.137. The summed E-state index contributed by atoms with van der Waals surface area (Å²) in [7, 11) is 0. The van der Waals surface area contributed by atoms with Crippen LogP contribution in [0.3, 0.4) is 0 Å². The van der Waals surface area contributed by atoms with Crippen LogP contribution in [0.15, 0.2) is 40.8 Å². The third-order valence-corrected chi connectivity index (χ3v) is 2.75. The Bertz CT molecular complexity index is 539. The largest absolute Gasteiger partial charge is 0.508 e. The van der Waals surface area contributed by atoms with Crippen LogP contribution < -0.4 is 0 Å². The van der Waals surface area contributed by atoms with Crippen LogP contribution in [0.5, 0.6) is 5.75 Å². The smallest absolute Gasteiger partial charge is 0.304 e. The van der Waals surface area contributed by atoms with E-state index in [0.717, 1.165) is 5.56 Å². The molecule has 1 unspecified atom stereocenters. The van der Waals surface area contributed by atoms with Gasteiger partial charge in [-0.25, -0.2) is 0 Å². The first-order valence-electron chi connectivity index (χ1n) is 5.67. The monoisotopic (exact) mass is 246 g/mol. The summed E-state index contributed by atoms with van der Waals surface area (Å²) >= 11 is 0. The molecule has 0 radical (unpaired) electrons. The first-order valence-corrected chi connectivity index (χ1v) is 5.67. The maximum Gasteiger partial charge on any atom is 0.304 e. The topological polar surface area (TPSA) is 70.7 Å². The van der Waals surface area contributed by atoms with Gasteiger partial charge in [0, 0.05) is 11.5 Å². The highest BCUT2D eigenvalue weighted by Gasteiger charge is 2.14. The van der Waals surface area contributed by atoms with Gasteiger partial charge in [-0.1, -0.05) is 6.92 Å². The predicted molar refractivity (Wildman–Crippen MR) is 66.5 cm³/mol. The van der Waals surface area contributed by atoms with Gasteiger partial charge in [0.15, 0.2) is 0 Å². The number of aromatic hydroxyl groups is 1. The molecule has 0 fully saturated rings. The highest BCUT2D eigenvalue weighted by atomic mass is 16.4. The molecule has 1 atom stereocenters. The summed E-state index contributed by atoms with van der Waals surface area (Å²) in [5.74, 6) is 0.519. The van der Waals surface area contributed by atoms with Crippen molar-refractivity contribution in [1.82, 2.24) is 0 Å². The van der Waals surface area contributed by atoms with Gasteiger partial charge in [-0.3, -0.25) is 4.79 Å². The van der Waals surface area contributed by atoms with E-state index < -0.39 is 5.97 Å². The van der Waals surface area contributed by atoms with Crippen LogP contribution in [-0.4, -0.2) is 16.2 Å². The molecule has 0 amide bonds. The van der Waals surface area contributed by atoms with E-state index in [1.54, 1.807) is 36.4 Å². The normalized spacial score (nSPS) is 12.3. The molecule has 4 nitrogen and oxygen atoms in total. The highest BCUT2D eigenvalue weighted by Crippen LogP contribution is 2.28. The zero-order valence-corrected chi connectivity index (χ0v) is 9.96. The van der Waals surface area contributed by atoms with Gasteiger partial charge < -0.3 is 14.6 Å². The highest BCUT2D eigenvalue weighted by molar-refractivity contribution is 5.68. The zero-order chi connectivity index (χ0) is 13.1. The standard InChI is InChI=1S/C14H14O4/c1-9(8-14(16)17)12-6-7-13(18-12)10-2-4-11(15)5-3-10/h2-7,9,15H,8H2,1H3,(H,16,17). The van der Waals surface area contributed by atoms with Crippen molar-refractivity contribution in [3.8, 4) is 17.1 Å². The Morgan fingerprint density at radius 2 is 1.89 bits per heavy atom. The first kappa shape index (κ1) is 12.2. The number of carboxylic acids is 1. The Labute approximate surface area is 104 Å². The maximum atomic E-state index is 10.6. The molecule has 4 heteroatoms. The van der Waals surface area contributed by atoms with E-state index in [2.05, 4.69) is 0 Å². The number of hydrogen-bond donors (Lipinski definition) is 2. The maximum absolute atomic E-state index is 10.6. The number of carbonyl (C=O) groups is 1. The third-order valence-electron chi connectivity index (χ3n) is 2.75. The van der Waals surface area contributed by atoms with Crippen molar-refractivity contribution in [3.05, 3.63) is 42.2 Å². The van der Waals surface area contributed by atoms with Crippen LogP contribution in [0.2, 0.25) is 0 Å². The Hall–Kier alpha value is -2.23. The Morgan fingerprint density at radius 1 is 1.22 bits per heavy atom. The summed E-state index contributed by atoms with van der Waals surface area (Å²) < 4.78 is 5.63. The number of aliphatic carboxylic acids is 1. The molecule has 0 aliphatic rings. The van der Waals surface area contributed by atoms with E-state index in [-0.39, 0.29) is 18.1 Å². The van der Waals surface area contributed by atoms with Crippen LogP contribution >= 0.6 is 0 Å². The summed E-state index contributed by atoms with van der Waals surface area (Å²) in [6.07, 6.45) is 0.0442. The number of rotatable bonds is 4. The molecule has 0 aliphatic heterocycles. The minimum Gasteiger partial charge on any atom is -0.508 e. The Kier molecular flexibility index (Phi) is 3.37. The van der Waals surface area contributed by atoms with Gasteiger partial charge in [0.25, 0.3) is 0 Å². The zero-order valence-electron chi connectivity index (χ0n) is 9.96.